The maximum Gasteiger partial charge on any atom is 0.258 e. The fourth-order valence-electron chi connectivity index (χ4n) is 3.32. The van der Waals surface area contributed by atoms with E-state index in [1.807, 2.05) is 48.5 Å². The molecule has 0 fully saturated rings. The van der Waals surface area contributed by atoms with Crippen molar-refractivity contribution in [2.24, 2.45) is 0 Å². The van der Waals surface area contributed by atoms with Crippen LogP contribution in [0.15, 0.2) is 84.9 Å². The molecule has 0 spiro atoms. The van der Waals surface area contributed by atoms with Crippen LogP contribution in [0.1, 0.15) is 27.0 Å². The molecule has 2 amide bonds. The molecule has 1 heterocycles. The van der Waals surface area contributed by atoms with Gasteiger partial charge in [-0.25, -0.2) is 4.39 Å². The summed E-state index contributed by atoms with van der Waals surface area (Å²) >= 11 is 0. The van der Waals surface area contributed by atoms with Crippen molar-refractivity contribution in [2.45, 2.75) is 6.42 Å². The van der Waals surface area contributed by atoms with Gasteiger partial charge in [0.2, 0.25) is 0 Å². The third-order valence-electron chi connectivity index (χ3n) is 5.12. The Morgan fingerprint density at radius 3 is 2.24 bits per heavy atom. The van der Waals surface area contributed by atoms with Crippen molar-refractivity contribution in [2.75, 3.05) is 6.61 Å². The van der Waals surface area contributed by atoms with Crippen molar-refractivity contribution in [1.29, 1.82) is 0 Å². The Bertz CT molecular complexity index is 1240. The lowest BCUT2D eigenvalue weighted by molar-refractivity contribution is -0.123. The van der Waals surface area contributed by atoms with Gasteiger partial charge in [0.05, 0.1) is 12.2 Å². The molecule has 0 aliphatic carbocycles. The number of ether oxygens (including phenoxy) is 1. The molecule has 1 N–H and O–H groups in total. The second-order valence-electron chi connectivity index (χ2n) is 7.45. The van der Waals surface area contributed by atoms with Crippen LogP contribution in [0.3, 0.4) is 0 Å². The minimum Gasteiger partial charge on any atom is -0.493 e. The summed E-state index contributed by atoms with van der Waals surface area (Å²) in [6, 6.07) is 20.2. The van der Waals surface area contributed by atoms with Crippen LogP contribution in [0.4, 0.5) is 4.39 Å². The molecule has 164 valence electrons. The van der Waals surface area contributed by atoms with Gasteiger partial charge in [0.1, 0.15) is 11.6 Å². The Hall–Kier alpha value is -4.32. The number of benzene rings is 3. The number of nitrogens with one attached hydrogen (secondary N) is 1. The molecule has 33 heavy (non-hydrogen) atoms. The number of hydrogen-bond acceptors (Lipinski definition) is 4. The predicted octanol–water partition coefficient (Wildman–Crippen LogP) is 4.38. The Morgan fingerprint density at radius 1 is 0.909 bits per heavy atom. The lowest BCUT2D eigenvalue weighted by atomic mass is 10.0. The molecule has 6 heteroatoms. The maximum absolute atomic E-state index is 13.0. The van der Waals surface area contributed by atoms with Crippen LogP contribution in [0.25, 0.3) is 11.6 Å². The van der Waals surface area contributed by atoms with Crippen molar-refractivity contribution >= 4 is 29.2 Å². The highest BCUT2D eigenvalue weighted by Gasteiger charge is 2.21. The van der Waals surface area contributed by atoms with Crippen LogP contribution in [0.2, 0.25) is 0 Å². The number of carbonyl (C=O) groups excluding carboxylic acids is 3. The Kier molecular flexibility index (Phi) is 6.55. The Morgan fingerprint density at radius 2 is 1.61 bits per heavy atom. The Balaban J connectivity index is 1.27. The number of ketones is 1. The van der Waals surface area contributed by atoms with Gasteiger partial charge in [-0.05, 0) is 59.2 Å². The summed E-state index contributed by atoms with van der Waals surface area (Å²) in [6.45, 7) is 0.471. The van der Waals surface area contributed by atoms with Crippen LogP contribution >= 0.6 is 0 Å². The van der Waals surface area contributed by atoms with Gasteiger partial charge in [-0.15, -0.1) is 0 Å². The molecule has 5 nitrogen and oxygen atoms in total. The van der Waals surface area contributed by atoms with E-state index in [4.69, 9.17) is 4.74 Å². The van der Waals surface area contributed by atoms with E-state index in [2.05, 4.69) is 5.32 Å². The van der Waals surface area contributed by atoms with Crippen LogP contribution in [0.5, 0.6) is 5.75 Å². The molecule has 3 aromatic rings. The standard InChI is InChI=1S/C27H20FNO4/c28-22-10-8-21(9-11-22)25(30)14-5-18-3-12-23(13-4-18)33-16-15-19-1-6-20(7-2-19)24-17-26(31)29-27(24)32/h1-14,17H,15-16H2,(H,29,31,32). The summed E-state index contributed by atoms with van der Waals surface area (Å²) in [7, 11) is 0. The largest absolute Gasteiger partial charge is 0.493 e. The van der Waals surface area contributed by atoms with E-state index in [1.165, 1.54) is 36.4 Å². The summed E-state index contributed by atoms with van der Waals surface area (Å²) in [5.41, 5.74) is 3.39. The maximum atomic E-state index is 13.0. The molecule has 0 aromatic heterocycles. The lowest BCUT2D eigenvalue weighted by Crippen LogP contribution is -2.21. The van der Waals surface area contributed by atoms with Crippen LogP contribution < -0.4 is 10.1 Å². The van der Waals surface area contributed by atoms with Crippen LogP contribution in [-0.4, -0.2) is 24.2 Å². The zero-order chi connectivity index (χ0) is 23.2. The van der Waals surface area contributed by atoms with Gasteiger partial charge in [-0.1, -0.05) is 42.5 Å². The second-order valence-corrected chi connectivity index (χ2v) is 7.45. The van der Waals surface area contributed by atoms with Crippen molar-refractivity contribution in [3.05, 3.63) is 113 Å². The van der Waals surface area contributed by atoms with Crippen LogP contribution in [-0.2, 0) is 16.0 Å². The summed E-state index contributed by atoms with van der Waals surface area (Å²) < 4.78 is 18.7. The molecule has 0 saturated heterocycles. The number of allylic oxidation sites excluding steroid dienone is 1. The normalized spacial score (nSPS) is 13.2. The molecular formula is C27H20FNO4. The molecule has 3 aromatic carbocycles. The highest BCUT2D eigenvalue weighted by Crippen LogP contribution is 2.19. The average molecular weight is 441 g/mol. The van der Waals surface area contributed by atoms with Gasteiger partial charge >= 0.3 is 0 Å². The smallest absolute Gasteiger partial charge is 0.258 e. The first-order valence-corrected chi connectivity index (χ1v) is 10.3. The lowest BCUT2D eigenvalue weighted by Gasteiger charge is -2.07. The second kappa shape index (κ2) is 9.87. The van der Waals surface area contributed by atoms with Crippen molar-refractivity contribution in [1.82, 2.24) is 5.32 Å². The molecule has 0 bridgehead atoms. The first kappa shape index (κ1) is 21.9. The van der Waals surface area contributed by atoms with Crippen molar-refractivity contribution in [3.8, 4) is 5.75 Å². The highest BCUT2D eigenvalue weighted by atomic mass is 19.1. The van der Waals surface area contributed by atoms with Crippen molar-refractivity contribution < 1.29 is 23.5 Å². The fourth-order valence-corrected chi connectivity index (χ4v) is 3.32. The van der Waals surface area contributed by atoms with E-state index in [9.17, 15) is 18.8 Å². The molecule has 0 unspecified atom stereocenters. The third-order valence-corrected chi connectivity index (χ3v) is 5.12. The Labute approximate surface area is 190 Å². The summed E-state index contributed by atoms with van der Waals surface area (Å²) in [5.74, 6) is -0.642. The quantitative estimate of drug-likeness (QED) is 0.320. The molecule has 1 aliphatic heterocycles. The van der Waals surface area contributed by atoms with Gasteiger partial charge in [-0.3, -0.25) is 19.7 Å². The zero-order valence-electron chi connectivity index (χ0n) is 17.6. The molecule has 4 rings (SSSR count). The summed E-state index contributed by atoms with van der Waals surface area (Å²) in [4.78, 5) is 35.1. The fraction of sp³-hybridized carbons (Fsp3) is 0.0741. The number of imide groups is 1. The minimum absolute atomic E-state index is 0.196. The van der Waals surface area contributed by atoms with Gasteiger partial charge in [0, 0.05) is 18.1 Å². The van der Waals surface area contributed by atoms with Gasteiger partial charge < -0.3 is 4.74 Å². The van der Waals surface area contributed by atoms with E-state index in [0.717, 1.165) is 11.1 Å². The van der Waals surface area contributed by atoms with E-state index < -0.39 is 5.91 Å². The zero-order valence-corrected chi connectivity index (χ0v) is 17.6. The van der Waals surface area contributed by atoms with E-state index >= 15 is 0 Å². The minimum atomic E-state index is -0.395. The van der Waals surface area contributed by atoms with E-state index in [-0.39, 0.29) is 17.5 Å². The van der Waals surface area contributed by atoms with Crippen molar-refractivity contribution in [3.63, 3.8) is 0 Å². The average Bonchev–Trinajstić information content (AvgIpc) is 3.17. The van der Waals surface area contributed by atoms with Gasteiger partial charge in [-0.2, -0.15) is 0 Å². The number of amides is 2. The van der Waals surface area contributed by atoms with E-state index in [0.29, 0.717) is 35.5 Å². The number of halogens is 1. The monoisotopic (exact) mass is 441 g/mol. The number of hydrogen-bond donors (Lipinski definition) is 1. The molecule has 0 saturated carbocycles. The SMILES string of the molecule is O=C1C=C(c2ccc(CCOc3ccc(C=CC(=O)c4ccc(F)cc4)cc3)cc2)C(=O)N1. The summed E-state index contributed by atoms with van der Waals surface area (Å²) in [5, 5.41) is 2.24. The number of rotatable bonds is 8. The molecule has 1 aliphatic rings. The van der Waals surface area contributed by atoms with E-state index in [1.54, 1.807) is 6.08 Å². The number of carbonyl (C=O) groups is 3. The first-order valence-electron chi connectivity index (χ1n) is 10.3. The van der Waals surface area contributed by atoms with Crippen LogP contribution in [0, 0.1) is 5.82 Å². The topological polar surface area (TPSA) is 72.5 Å². The molecule has 0 radical (unpaired) electrons. The first-order chi connectivity index (χ1) is 16.0. The molecular weight excluding hydrogens is 421 g/mol. The third kappa shape index (κ3) is 5.68. The van der Waals surface area contributed by atoms with Gasteiger partial charge in [0.25, 0.3) is 11.8 Å². The molecule has 0 atom stereocenters. The summed E-state index contributed by atoms with van der Waals surface area (Å²) in [6.07, 6.45) is 5.13. The predicted molar refractivity (Wildman–Crippen MR) is 123 cm³/mol. The van der Waals surface area contributed by atoms with Gasteiger partial charge in [0.15, 0.2) is 5.78 Å². The highest BCUT2D eigenvalue weighted by molar-refractivity contribution is 6.33.